The van der Waals surface area contributed by atoms with Crippen LogP contribution in [-0.4, -0.2) is 9.97 Å². The number of hydrogen-bond donors (Lipinski definition) is 2. The van der Waals surface area contributed by atoms with Gasteiger partial charge in [0.1, 0.15) is 11.6 Å². The van der Waals surface area contributed by atoms with Crippen LogP contribution in [0.2, 0.25) is 0 Å². The zero-order valence-electron chi connectivity index (χ0n) is 9.45. The Hall–Kier alpha value is -1.73. The number of anilines is 1. The zero-order chi connectivity index (χ0) is 13.1. The fourth-order valence-corrected chi connectivity index (χ4v) is 1.59. The first-order valence-corrected chi connectivity index (χ1v) is 5.82. The summed E-state index contributed by atoms with van der Waals surface area (Å²) in [5, 5.41) is 0. The molecule has 0 radical (unpaired) electrons. The number of aryl methyl sites for hydroxylation is 1. The molecule has 0 fully saturated rings. The molecule has 0 aliphatic heterocycles. The lowest BCUT2D eigenvalue weighted by molar-refractivity contribution is 0.450. The van der Waals surface area contributed by atoms with Crippen LogP contribution >= 0.6 is 15.9 Å². The van der Waals surface area contributed by atoms with E-state index in [1.165, 1.54) is 12.1 Å². The highest BCUT2D eigenvalue weighted by Crippen LogP contribution is 2.30. The summed E-state index contributed by atoms with van der Waals surface area (Å²) in [7, 11) is 0. The fraction of sp³-hybridized carbons (Fsp3) is 0.0909. The highest BCUT2D eigenvalue weighted by atomic mass is 79.9. The molecule has 2 aromatic rings. The van der Waals surface area contributed by atoms with Crippen molar-refractivity contribution in [1.82, 2.24) is 9.97 Å². The molecule has 2 rings (SSSR count). The van der Waals surface area contributed by atoms with Crippen molar-refractivity contribution in [1.29, 1.82) is 0 Å². The monoisotopic (exact) mass is 312 g/mol. The number of hydrogen-bond acceptors (Lipinski definition) is 5. The highest BCUT2D eigenvalue weighted by Gasteiger charge is 2.09. The Morgan fingerprint density at radius 3 is 2.94 bits per heavy atom. The normalized spacial score (nSPS) is 10.2. The first kappa shape index (κ1) is 12.7. The van der Waals surface area contributed by atoms with Crippen LogP contribution in [0.4, 0.5) is 10.3 Å². The van der Waals surface area contributed by atoms with Crippen LogP contribution in [0.3, 0.4) is 0 Å². The second kappa shape index (κ2) is 5.28. The SMILES string of the molecule is Cc1cnc(NN)nc1Oc1cc(F)ccc1Br. The summed E-state index contributed by atoms with van der Waals surface area (Å²) in [6, 6.07) is 4.15. The Kier molecular flexibility index (Phi) is 3.73. The van der Waals surface area contributed by atoms with Gasteiger partial charge in [0.2, 0.25) is 11.8 Å². The fourth-order valence-electron chi connectivity index (χ4n) is 1.26. The van der Waals surface area contributed by atoms with Gasteiger partial charge >= 0.3 is 0 Å². The van der Waals surface area contributed by atoms with Gasteiger partial charge in [0, 0.05) is 17.8 Å². The van der Waals surface area contributed by atoms with Crippen molar-refractivity contribution < 1.29 is 9.13 Å². The van der Waals surface area contributed by atoms with E-state index in [-0.39, 0.29) is 5.95 Å². The zero-order valence-corrected chi connectivity index (χ0v) is 11.0. The Labute approximate surface area is 111 Å². The molecule has 0 aliphatic rings. The van der Waals surface area contributed by atoms with Crippen molar-refractivity contribution in [2.45, 2.75) is 6.92 Å². The standard InChI is InChI=1S/C11H10BrFN4O/c1-6-5-15-11(17-14)16-10(6)18-9-4-7(13)2-3-8(9)12/h2-5H,14H2,1H3,(H,15,16,17). The summed E-state index contributed by atoms with van der Waals surface area (Å²) in [4.78, 5) is 7.97. The summed E-state index contributed by atoms with van der Waals surface area (Å²) >= 11 is 3.27. The molecule has 7 heteroatoms. The van der Waals surface area contributed by atoms with Crippen LogP contribution in [0, 0.1) is 12.7 Å². The van der Waals surface area contributed by atoms with Gasteiger partial charge in [-0.05, 0) is 35.0 Å². The molecule has 0 aliphatic carbocycles. The second-order valence-electron chi connectivity index (χ2n) is 3.50. The van der Waals surface area contributed by atoms with E-state index in [4.69, 9.17) is 10.6 Å². The molecule has 18 heavy (non-hydrogen) atoms. The smallest absolute Gasteiger partial charge is 0.240 e. The topological polar surface area (TPSA) is 73.1 Å². The molecule has 0 saturated carbocycles. The first-order chi connectivity index (χ1) is 8.60. The predicted octanol–water partition coefficient (Wildman–Crippen LogP) is 2.76. The minimum atomic E-state index is -0.392. The second-order valence-corrected chi connectivity index (χ2v) is 4.36. The maximum atomic E-state index is 13.1. The Morgan fingerprint density at radius 2 is 2.22 bits per heavy atom. The third kappa shape index (κ3) is 2.74. The molecule has 1 aromatic heterocycles. The van der Waals surface area contributed by atoms with Crippen molar-refractivity contribution in [3.8, 4) is 11.6 Å². The van der Waals surface area contributed by atoms with Crippen LogP contribution in [0.1, 0.15) is 5.56 Å². The number of hydrazine groups is 1. The molecule has 94 valence electrons. The van der Waals surface area contributed by atoms with Crippen molar-refractivity contribution in [3.63, 3.8) is 0 Å². The van der Waals surface area contributed by atoms with E-state index < -0.39 is 5.82 Å². The summed E-state index contributed by atoms with van der Waals surface area (Å²) in [6.07, 6.45) is 1.56. The quantitative estimate of drug-likeness (QED) is 0.673. The van der Waals surface area contributed by atoms with Crippen molar-refractivity contribution in [2.75, 3.05) is 5.43 Å². The maximum Gasteiger partial charge on any atom is 0.240 e. The molecule has 5 nitrogen and oxygen atoms in total. The molecule has 1 heterocycles. The van der Waals surface area contributed by atoms with E-state index in [1.807, 2.05) is 0 Å². The minimum Gasteiger partial charge on any atom is -0.437 e. The molecule has 0 bridgehead atoms. The maximum absolute atomic E-state index is 13.1. The predicted molar refractivity (Wildman–Crippen MR) is 68.8 cm³/mol. The molecule has 0 saturated heterocycles. The molecule has 0 amide bonds. The van der Waals surface area contributed by atoms with Gasteiger partial charge in [-0.2, -0.15) is 4.98 Å². The number of nitrogens with one attached hydrogen (secondary N) is 1. The number of nitrogens with two attached hydrogens (primary N) is 1. The van der Waals surface area contributed by atoms with Crippen LogP contribution in [0.15, 0.2) is 28.9 Å². The molecular formula is C11H10BrFN4O. The number of rotatable bonds is 3. The van der Waals surface area contributed by atoms with Gasteiger partial charge in [-0.1, -0.05) is 0 Å². The van der Waals surface area contributed by atoms with E-state index in [0.29, 0.717) is 21.7 Å². The van der Waals surface area contributed by atoms with Crippen LogP contribution in [0.5, 0.6) is 11.6 Å². The average molecular weight is 313 g/mol. The molecule has 3 N–H and O–H groups in total. The largest absolute Gasteiger partial charge is 0.437 e. The van der Waals surface area contributed by atoms with Crippen molar-refractivity contribution in [3.05, 3.63) is 40.2 Å². The summed E-state index contributed by atoms with van der Waals surface area (Å²) in [6.45, 7) is 1.78. The van der Waals surface area contributed by atoms with E-state index in [0.717, 1.165) is 0 Å². The number of nitrogen functional groups attached to an aromatic ring is 1. The first-order valence-electron chi connectivity index (χ1n) is 5.03. The average Bonchev–Trinajstić information content (AvgIpc) is 2.36. The molecule has 1 aromatic carbocycles. The minimum absolute atomic E-state index is 0.225. The molecular weight excluding hydrogens is 303 g/mol. The number of aromatic nitrogens is 2. The third-order valence-electron chi connectivity index (χ3n) is 2.15. The van der Waals surface area contributed by atoms with E-state index in [2.05, 4.69) is 31.3 Å². The van der Waals surface area contributed by atoms with E-state index in [1.54, 1.807) is 19.2 Å². The van der Waals surface area contributed by atoms with Gasteiger partial charge in [-0.15, -0.1) is 0 Å². The van der Waals surface area contributed by atoms with Gasteiger partial charge in [0.25, 0.3) is 0 Å². The lowest BCUT2D eigenvalue weighted by Crippen LogP contribution is -2.11. The number of ether oxygens (including phenoxy) is 1. The number of nitrogens with zero attached hydrogens (tertiary/aromatic N) is 2. The van der Waals surface area contributed by atoms with Crippen molar-refractivity contribution in [2.24, 2.45) is 5.84 Å². The molecule has 0 unspecified atom stereocenters. The molecule has 0 spiro atoms. The summed E-state index contributed by atoms with van der Waals surface area (Å²) in [5.74, 6) is 5.69. The van der Waals surface area contributed by atoms with Gasteiger partial charge in [-0.25, -0.2) is 15.2 Å². The lowest BCUT2D eigenvalue weighted by atomic mass is 10.3. The Bertz CT molecular complexity index is 579. The van der Waals surface area contributed by atoms with E-state index in [9.17, 15) is 4.39 Å². The molecule has 0 atom stereocenters. The highest BCUT2D eigenvalue weighted by molar-refractivity contribution is 9.10. The van der Waals surface area contributed by atoms with Crippen LogP contribution < -0.4 is 16.0 Å². The number of halogens is 2. The Morgan fingerprint density at radius 1 is 1.44 bits per heavy atom. The Balaban J connectivity index is 2.36. The van der Waals surface area contributed by atoms with Gasteiger partial charge in [0.05, 0.1) is 4.47 Å². The summed E-state index contributed by atoms with van der Waals surface area (Å²) in [5.41, 5.74) is 3.03. The van der Waals surface area contributed by atoms with Gasteiger partial charge in [-0.3, -0.25) is 5.43 Å². The van der Waals surface area contributed by atoms with Crippen molar-refractivity contribution >= 4 is 21.9 Å². The van der Waals surface area contributed by atoms with E-state index >= 15 is 0 Å². The van der Waals surface area contributed by atoms with Crippen LogP contribution in [0.25, 0.3) is 0 Å². The third-order valence-corrected chi connectivity index (χ3v) is 2.81. The number of benzene rings is 1. The van der Waals surface area contributed by atoms with Gasteiger partial charge < -0.3 is 4.74 Å². The van der Waals surface area contributed by atoms with Gasteiger partial charge in [0.15, 0.2) is 0 Å². The lowest BCUT2D eigenvalue weighted by Gasteiger charge is -2.10. The van der Waals surface area contributed by atoms with Crippen LogP contribution in [-0.2, 0) is 0 Å². The summed E-state index contributed by atoms with van der Waals surface area (Å²) < 4.78 is 19.3.